The van der Waals surface area contributed by atoms with E-state index in [1.54, 1.807) is 6.07 Å². The van der Waals surface area contributed by atoms with Gasteiger partial charge in [0.25, 0.3) is 0 Å². The van der Waals surface area contributed by atoms with Gasteiger partial charge >= 0.3 is 5.63 Å². The summed E-state index contributed by atoms with van der Waals surface area (Å²) in [7, 11) is 0. The van der Waals surface area contributed by atoms with Crippen molar-refractivity contribution in [3.8, 4) is 0 Å². The lowest BCUT2D eigenvalue weighted by Gasteiger charge is -2.65. The highest BCUT2D eigenvalue weighted by Gasteiger charge is 2.71. The monoisotopic (exact) mass is 418 g/mol. The number of rotatable bonds is 1. The van der Waals surface area contributed by atoms with Gasteiger partial charge in [-0.15, -0.1) is 0 Å². The molecule has 30 heavy (non-hydrogen) atoms. The van der Waals surface area contributed by atoms with E-state index >= 15 is 0 Å². The first-order valence-electron chi connectivity index (χ1n) is 11.4. The molecule has 4 fully saturated rings. The summed E-state index contributed by atoms with van der Waals surface area (Å²) in [5, 5.41) is 45.0. The summed E-state index contributed by atoms with van der Waals surface area (Å²) in [6.45, 7) is 4.22. The van der Waals surface area contributed by atoms with Gasteiger partial charge in [0, 0.05) is 30.2 Å². The number of fused-ring (bicyclic) bond motifs is 5. The first-order chi connectivity index (χ1) is 14.0. The number of hydrogen-bond donors (Lipinski definition) is 4. The topological polar surface area (TPSA) is 111 Å². The maximum Gasteiger partial charge on any atom is 0.335 e. The van der Waals surface area contributed by atoms with Gasteiger partial charge in [0.2, 0.25) is 0 Å². The van der Waals surface area contributed by atoms with Crippen LogP contribution in [0.25, 0.3) is 0 Å². The second-order valence-electron chi connectivity index (χ2n) is 11.1. The van der Waals surface area contributed by atoms with Gasteiger partial charge in [-0.05, 0) is 67.4 Å². The van der Waals surface area contributed by atoms with E-state index in [2.05, 4.69) is 13.8 Å². The molecule has 9 atom stereocenters. The fourth-order valence-corrected chi connectivity index (χ4v) is 8.38. The molecule has 0 spiro atoms. The minimum Gasteiger partial charge on any atom is -0.431 e. The van der Waals surface area contributed by atoms with Crippen LogP contribution in [0.15, 0.2) is 27.6 Å². The van der Waals surface area contributed by atoms with E-state index < -0.39 is 34.5 Å². The predicted octanol–water partition coefficient (Wildman–Crippen LogP) is 2.33. The molecule has 0 saturated heterocycles. The zero-order valence-corrected chi connectivity index (χ0v) is 17.9. The third kappa shape index (κ3) is 2.48. The summed E-state index contributed by atoms with van der Waals surface area (Å²) in [6.07, 6.45) is 5.29. The molecule has 0 amide bonds. The van der Waals surface area contributed by atoms with Gasteiger partial charge in [0.05, 0.1) is 29.7 Å². The molecule has 4 N–H and O–H groups in total. The van der Waals surface area contributed by atoms with Gasteiger partial charge in [0.1, 0.15) is 0 Å². The lowest BCUT2D eigenvalue weighted by molar-refractivity contribution is -0.253. The van der Waals surface area contributed by atoms with Crippen molar-refractivity contribution >= 4 is 0 Å². The fraction of sp³-hybridized carbons (Fsp3) is 0.792. The standard InChI is InChI=1S/C24H34O6/c1-21-8-5-15(25)11-23(21,28)10-7-17-16(21)6-9-22(2)20(18(26)12-24(17,22)29)14-3-4-19(27)30-13-14/h3-4,13,15-18,20,25-26,28-29H,5-12H2,1-2H3/t15-,16-,17+,18-,20-,21+,22+,23-,24-/m0/s1. The SMILES string of the molecule is C[C@]12CC[C@H](O)C[C@@]1(O)CC[C@@H]1[C@@H]2CC[C@]2(C)[C@@H](c3ccc(=O)oc3)[C@@H](O)C[C@]12O. The molecule has 6 heteroatoms. The van der Waals surface area contributed by atoms with Crippen LogP contribution in [0.2, 0.25) is 0 Å². The third-order valence-electron chi connectivity index (χ3n) is 10.1. The molecule has 0 bridgehead atoms. The normalized spacial score (nSPS) is 52.9. The molecular formula is C24H34O6. The summed E-state index contributed by atoms with van der Waals surface area (Å²) in [5.74, 6) is -0.150. The quantitative estimate of drug-likeness (QED) is 0.557. The molecule has 1 heterocycles. The number of aliphatic hydroxyl groups excluding tert-OH is 2. The second kappa shape index (κ2) is 6.41. The summed E-state index contributed by atoms with van der Waals surface area (Å²) in [6, 6.07) is 3.09. The first kappa shape index (κ1) is 20.7. The average Bonchev–Trinajstić information content (AvgIpc) is 2.89. The van der Waals surface area contributed by atoms with E-state index in [1.807, 2.05) is 0 Å². The fourth-order valence-electron chi connectivity index (χ4n) is 8.38. The molecule has 6 nitrogen and oxygen atoms in total. The minimum absolute atomic E-state index is 0.00728. The highest BCUT2D eigenvalue weighted by Crippen LogP contribution is 2.71. The molecule has 0 unspecified atom stereocenters. The van der Waals surface area contributed by atoms with Crippen LogP contribution in [0.1, 0.15) is 76.7 Å². The molecular weight excluding hydrogens is 384 g/mol. The molecule has 4 aliphatic carbocycles. The molecule has 4 saturated carbocycles. The Labute approximate surface area is 176 Å². The Morgan fingerprint density at radius 3 is 2.33 bits per heavy atom. The maximum atomic E-state index is 12.2. The molecule has 5 rings (SSSR count). The van der Waals surface area contributed by atoms with Gasteiger partial charge in [0.15, 0.2) is 0 Å². The van der Waals surface area contributed by atoms with E-state index in [0.717, 1.165) is 24.8 Å². The third-order valence-corrected chi connectivity index (χ3v) is 10.1. The Hall–Kier alpha value is -1.21. The van der Waals surface area contributed by atoms with Crippen LogP contribution < -0.4 is 5.63 Å². The Kier molecular flexibility index (Phi) is 4.42. The van der Waals surface area contributed by atoms with Gasteiger partial charge in [-0.2, -0.15) is 0 Å². The first-order valence-corrected chi connectivity index (χ1v) is 11.4. The lowest BCUT2D eigenvalue weighted by Crippen LogP contribution is -2.67. The van der Waals surface area contributed by atoms with Crippen molar-refractivity contribution in [2.45, 2.75) is 94.5 Å². The Bertz CT molecular complexity index is 877. The maximum absolute atomic E-state index is 12.2. The van der Waals surface area contributed by atoms with Gasteiger partial charge in [-0.3, -0.25) is 0 Å². The van der Waals surface area contributed by atoms with Crippen molar-refractivity contribution < 1.29 is 24.8 Å². The van der Waals surface area contributed by atoms with Crippen molar-refractivity contribution in [3.63, 3.8) is 0 Å². The number of hydrogen-bond acceptors (Lipinski definition) is 6. The van der Waals surface area contributed by atoms with Gasteiger partial charge in [-0.1, -0.05) is 13.8 Å². The Morgan fingerprint density at radius 2 is 1.63 bits per heavy atom. The van der Waals surface area contributed by atoms with E-state index in [1.165, 1.54) is 12.3 Å². The molecule has 4 aliphatic rings. The predicted molar refractivity (Wildman–Crippen MR) is 110 cm³/mol. The van der Waals surface area contributed by atoms with E-state index in [9.17, 15) is 25.2 Å². The second-order valence-corrected chi connectivity index (χ2v) is 11.1. The largest absolute Gasteiger partial charge is 0.431 e. The highest BCUT2D eigenvalue weighted by molar-refractivity contribution is 5.30. The van der Waals surface area contributed by atoms with E-state index in [4.69, 9.17) is 4.42 Å². The van der Waals surface area contributed by atoms with Crippen LogP contribution in [-0.4, -0.2) is 43.8 Å². The van der Waals surface area contributed by atoms with Crippen molar-refractivity contribution in [2.75, 3.05) is 0 Å². The molecule has 0 radical (unpaired) electrons. The van der Waals surface area contributed by atoms with Crippen molar-refractivity contribution in [1.29, 1.82) is 0 Å². The zero-order chi connectivity index (χ0) is 21.5. The summed E-state index contributed by atoms with van der Waals surface area (Å²) >= 11 is 0. The minimum atomic E-state index is -1.05. The van der Waals surface area contributed by atoms with E-state index in [-0.39, 0.29) is 23.2 Å². The van der Waals surface area contributed by atoms with Crippen LogP contribution >= 0.6 is 0 Å². The molecule has 0 aliphatic heterocycles. The summed E-state index contributed by atoms with van der Waals surface area (Å²) in [4.78, 5) is 11.4. The van der Waals surface area contributed by atoms with Gasteiger partial charge < -0.3 is 24.8 Å². The zero-order valence-electron chi connectivity index (χ0n) is 17.9. The van der Waals surface area contributed by atoms with Gasteiger partial charge in [-0.25, -0.2) is 4.79 Å². The van der Waals surface area contributed by atoms with Crippen molar-refractivity contribution in [2.24, 2.45) is 22.7 Å². The van der Waals surface area contributed by atoms with E-state index in [0.29, 0.717) is 32.1 Å². The highest BCUT2D eigenvalue weighted by atomic mass is 16.4. The molecule has 1 aromatic rings. The van der Waals surface area contributed by atoms with Crippen LogP contribution in [0.4, 0.5) is 0 Å². The summed E-state index contributed by atoms with van der Waals surface area (Å²) < 4.78 is 5.09. The molecule has 0 aromatic carbocycles. The lowest BCUT2D eigenvalue weighted by atomic mass is 9.42. The average molecular weight is 419 g/mol. The van der Waals surface area contributed by atoms with Crippen molar-refractivity contribution in [1.82, 2.24) is 0 Å². The van der Waals surface area contributed by atoms with Crippen molar-refractivity contribution in [3.05, 3.63) is 34.4 Å². The smallest absolute Gasteiger partial charge is 0.335 e. The molecule has 166 valence electrons. The summed E-state index contributed by atoms with van der Waals surface area (Å²) in [5.41, 5.74) is -2.47. The van der Waals surface area contributed by atoms with Crippen LogP contribution in [0, 0.1) is 22.7 Å². The van der Waals surface area contributed by atoms with Crippen LogP contribution in [-0.2, 0) is 0 Å². The van der Waals surface area contributed by atoms with Crippen LogP contribution in [0.5, 0.6) is 0 Å². The Morgan fingerprint density at radius 1 is 0.933 bits per heavy atom. The number of aliphatic hydroxyl groups is 4. The Balaban J connectivity index is 1.53. The van der Waals surface area contributed by atoms with Crippen LogP contribution in [0.3, 0.4) is 0 Å². The molecule has 1 aromatic heterocycles.